The van der Waals surface area contributed by atoms with Crippen LogP contribution in [0.1, 0.15) is 48.7 Å². The molecular weight excluding hydrogens is 328 g/mol. The Labute approximate surface area is 152 Å². The van der Waals surface area contributed by atoms with E-state index in [-0.39, 0.29) is 5.91 Å². The second-order valence-electron chi connectivity index (χ2n) is 7.39. The summed E-state index contributed by atoms with van der Waals surface area (Å²) in [6.07, 6.45) is 5.79. The number of hydrogen-bond donors (Lipinski definition) is 2. The summed E-state index contributed by atoms with van der Waals surface area (Å²) in [5.74, 6) is -0.130. The standard InChI is InChI=1S/C21H22N2O3/c1-20(25)9-11-21(12-10-20,23-19(24)15-5-3-2-4-6-15)18-16-8-14-26-17(16)7-13-22-18/h2-8,13-14,25H,9-12H2,1H3,(H,23,24). The molecule has 0 unspecified atom stereocenters. The van der Waals surface area contributed by atoms with Crippen molar-refractivity contribution >= 4 is 16.9 Å². The first-order chi connectivity index (χ1) is 12.5. The van der Waals surface area contributed by atoms with Gasteiger partial charge in [-0.3, -0.25) is 9.78 Å². The van der Waals surface area contributed by atoms with E-state index >= 15 is 0 Å². The first kappa shape index (κ1) is 16.8. The van der Waals surface area contributed by atoms with Gasteiger partial charge >= 0.3 is 0 Å². The highest BCUT2D eigenvalue weighted by atomic mass is 16.3. The summed E-state index contributed by atoms with van der Waals surface area (Å²) in [7, 11) is 0. The number of carbonyl (C=O) groups excluding carboxylic acids is 1. The fourth-order valence-corrected chi connectivity index (χ4v) is 3.79. The maximum Gasteiger partial charge on any atom is 0.252 e. The van der Waals surface area contributed by atoms with Gasteiger partial charge in [-0.05, 0) is 56.9 Å². The SMILES string of the molecule is CC1(O)CCC(NC(=O)c2ccccc2)(c2nccc3occc23)CC1. The van der Waals surface area contributed by atoms with Gasteiger partial charge in [0.25, 0.3) is 5.91 Å². The molecule has 1 fully saturated rings. The first-order valence-corrected chi connectivity index (χ1v) is 8.92. The molecule has 3 aromatic rings. The van der Waals surface area contributed by atoms with Gasteiger partial charge in [-0.25, -0.2) is 0 Å². The number of carbonyl (C=O) groups is 1. The highest BCUT2D eigenvalue weighted by Crippen LogP contribution is 2.43. The van der Waals surface area contributed by atoms with Crippen molar-refractivity contribution in [1.82, 2.24) is 10.3 Å². The highest BCUT2D eigenvalue weighted by Gasteiger charge is 2.43. The van der Waals surface area contributed by atoms with Crippen molar-refractivity contribution in [2.75, 3.05) is 0 Å². The maximum absolute atomic E-state index is 12.9. The quantitative estimate of drug-likeness (QED) is 0.754. The van der Waals surface area contributed by atoms with Gasteiger partial charge < -0.3 is 14.8 Å². The lowest BCUT2D eigenvalue weighted by Gasteiger charge is -2.43. The Kier molecular flexibility index (Phi) is 4.04. The summed E-state index contributed by atoms with van der Waals surface area (Å²) in [6.45, 7) is 1.85. The van der Waals surface area contributed by atoms with Crippen LogP contribution in [0, 0.1) is 0 Å². The van der Waals surface area contributed by atoms with Crippen LogP contribution in [-0.2, 0) is 5.54 Å². The molecule has 5 heteroatoms. The summed E-state index contributed by atoms with van der Waals surface area (Å²) >= 11 is 0. The number of fused-ring (bicyclic) bond motifs is 1. The van der Waals surface area contributed by atoms with Crippen LogP contribution in [0.3, 0.4) is 0 Å². The summed E-state index contributed by atoms with van der Waals surface area (Å²) in [4.78, 5) is 17.5. The van der Waals surface area contributed by atoms with Gasteiger partial charge in [0.15, 0.2) is 0 Å². The van der Waals surface area contributed by atoms with Gasteiger partial charge in [-0.15, -0.1) is 0 Å². The zero-order chi connectivity index (χ0) is 18.2. The molecule has 0 radical (unpaired) electrons. The topological polar surface area (TPSA) is 75.4 Å². The van der Waals surface area contributed by atoms with Gasteiger partial charge in [-0.2, -0.15) is 0 Å². The van der Waals surface area contributed by atoms with E-state index in [1.165, 1.54) is 0 Å². The number of pyridine rings is 1. The molecular formula is C21H22N2O3. The van der Waals surface area contributed by atoms with Gasteiger partial charge in [0, 0.05) is 17.1 Å². The minimum absolute atomic E-state index is 0.130. The van der Waals surface area contributed by atoms with E-state index in [2.05, 4.69) is 10.3 Å². The molecule has 1 aliphatic rings. The zero-order valence-corrected chi connectivity index (χ0v) is 14.7. The monoisotopic (exact) mass is 350 g/mol. The van der Waals surface area contributed by atoms with Crippen LogP contribution in [0.25, 0.3) is 11.0 Å². The van der Waals surface area contributed by atoms with Crippen molar-refractivity contribution in [2.24, 2.45) is 0 Å². The lowest BCUT2D eigenvalue weighted by molar-refractivity contribution is -0.00668. The molecule has 134 valence electrons. The lowest BCUT2D eigenvalue weighted by Crippen LogP contribution is -2.51. The number of aliphatic hydroxyl groups is 1. The molecule has 0 saturated heterocycles. The molecule has 1 saturated carbocycles. The summed E-state index contributed by atoms with van der Waals surface area (Å²) in [5.41, 5.74) is 0.830. The molecule has 0 spiro atoms. The smallest absolute Gasteiger partial charge is 0.252 e. The van der Waals surface area contributed by atoms with E-state index < -0.39 is 11.1 Å². The summed E-state index contributed by atoms with van der Waals surface area (Å²) in [5, 5.41) is 14.6. The Bertz CT molecular complexity index is 921. The van der Waals surface area contributed by atoms with Crippen molar-refractivity contribution in [2.45, 2.75) is 43.7 Å². The predicted octanol–water partition coefficient (Wildman–Crippen LogP) is 3.78. The van der Waals surface area contributed by atoms with Gasteiger partial charge in [0.05, 0.1) is 23.1 Å². The molecule has 2 aromatic heterocycles. The molecule has 26 heavy (non-hydrogen) atoms. The predicted molar refractivity (Wildman–Crippen MR) is 98.7 cm³/mol. The minimum Gasteiger partial charge on any atom is -0.464 e. The van der Waals surface area contributed by atoms with Crippen LogP contribution in [0.4, 0.5) is 0 Å². The van der Waals surface area contributed by atoms with Crippen LogP contribution in [-0.4, -0.2) is 21.6 Å². The van der Waals surface area contributed by atoms with Crippen molar-refractivity contribution in [3.63, 3.8) is 0 Å². The number of aromatic nitrogens is 1. The van der Waals surface area contributed by atoms with Crippen LogP contribution in [0.5, 0.6) is 0 Å². The van der Waals surface area contributed by atoms with E-state index in [4.69, 9.17) is 4.42 Å². The van der Waals surface area contributed by atoms with Gasteiger partial charge in [0.2, 0.25) is 0 Å². The van der Waals surface area contributed by atoms with Crippen LogP contribution in [0.2, 0.25) is 0 Å². The van der Waals surface area contributed by atoms with E-state index in [0.717, 1.165) is 16.7 Å². The zero-order valence-electron chi connectivity index (χ0n) is 14.7. The number of hydrogen-bond acceptors (Lipinski definition) is 4. The number of furan rings is 1. The number of rotatable bonds is 3. The molecule has 1 amide bonds. The first-order valence-electron chi connectivity index (χ1n) is 8.92. The lowest BCUT2D eigenvalue weighted by atomic mass is 9.72. The number of amides is 1. The molecule has 0 aliphatic heterocycles. The largest absolute Gasteiger partial charge is 0.464 e. The van der Waals surface area contributed by atoms with Crippen molar-refractivity contribution < 1.29 is 14.3 Å². The molecule has 2 N–H and O–H groups in total. The van der Waals surface area contributed by atoms with Crippen LogP contribution < -0.4 is 5.32 Å². The van der Waals surface area contributed by atoms with E-state index in [1.807, 2.05) is 37.3 Å². The Balaban J connectivity index is 1.76. The average Bonchev–Trinajstić information content (AvgIpc) is 3.13. The average molecular weight is 350 g/mol. The second-order valence-corrected chi connectivity index (χ2v) is 7.39. The second kappa shape index (κ2) is 6.25. The summed E-state index contributed by atoms with van der Waals surface area (Å²) in [6, 6.07) is 12.9. The molecule has 0 bridgehead atoms. The van der Waals surface area contributed by atoms with E-state index in [0.29, 0.717) is 31.2 Å². The summed E-state index contributed by atoms with van der Waals surface area (Å²) < 4.78 is 5.52. The Morgan fingerprint density at radius 1 is 1.12 bits per heavy atom. The molecule has 2 heterocycles. The molecule has 1 aliphatic carbocycles. The molecule has 1 aromatic carbocycles. The van der Waals surface area contributed by atoms with Crippen LogP contribution in [0.15, 0.2) is 59.3 Å². The third-order valence-electron chi connectivity index (χ3n) is 5.40. The van der Waals surface area contributed by atoms with E-state index in [9.17, 15) is 9.90 Å². The molecule has 5 nitrogen and oxygen atoms in total. The van der Waals surface area contributed by atoms with Crippen molar-refractivity contribution in [3.05, 3.63) is 66.2 Å². The Morgan fingerprint density at radius 2 is 1.85 bits per heavy atom. The third kappa shape index (κ3) is 2.99. The Hall–Kier alpha value is -2.66. The number of benzene rings is 1. The number of nitrogens with zero attached hydrogens (tertiary/aromatic N) is 1. The third-order valence-corrected chi connectivity index (χ3v) is 5.40. The Morgan fingerprint density at radius 3 is 2.58 bits per heavy atom. The van der Waals surface area contributed by atoms with Crippen molar-refractivity contribution in [1.29, 1.82) is 0 Å². The molecule has 0 atom stereocenters. The highest BCUT2D eigenvalue weighted by molar-refractivity contribution is 5.95. The molecule has 4 rings (SSSR count). The normalized spacial score (nSPS) is 25.9. The van der Waals surface area contributed by atoms with Gasteiger partial charge in [-0.1, -0.05) is 18.2 Å². The fraction of sp³-hybridized carbons (Fsp3) is 0.333. The maximum atomic E-state index is 12.9. The van der Waals surface area contributed by atoms with Gasteiger partial charge in [0.1, 0.15) is 5.58 Å². The fourth-order valence-electron chi connectivity index (χ4n) is 3.79. The minimum atomic E-state index is -0.717. The number of nitrogens with one attached hydrogen (secondary N) is 1. The van der Waals surface area contributed by atoms with E-state index in [1.54, 1.807) is 24.6 Å². The van der Waals surface area contributed by atoms with Crippen molar-refractivity contribution in [3.8, 4) is 0 Å². The van der Waals surface area contributed by atoms with Crippen LogP contribution >= 0.6 is 0 Å².